The van der Waals surface area contributed by atoms with E-state index in [1.54, 1.807) is 30.7 Å². The number of hydrogen-bond acceptors (Lipinski definition) is 10. The molecule has 160 valence electrons. The first-order valence-electron chi connectivity index (χ1n) is 9.12. The van der Waals surface area contributed by atoms with E-state index in [9.17, 15) is 14.4 Å². The number of esters is 3. The fraction of sp³-hybridized carbons (Fsp3) is 0.400. The first kappa shape index (κ1) is 21.7. The molecular weight excluding hydrogens is 414 g/mol. The molecule has 10 heteroatoms. The largest absolute Gasteiger partial charge is 0.474 e. The minimum atomic E-state index is -1.01. The Morgan fingerprint density at radius 3 is 2.37 bits per heavy atom. The Hall–Kier alpha value is -3.01. The number of ether oxygens (including phenoxy) is 4. The Balaban J connectivity index is 1.85. The Kier molecular flexibility index (Phi) is 6.99. The Morgan fingerprint density at radius 1 is 1.03 bits per heavy atom. The third-order valence-corrected chi connectivity index (χ3v) is 5.29. The zero-order chi connectivity index (χ0) is 21.7. The van der Waals surface area contributed by atoms with Crippen LogP contribution in [0.4, 0.5) is 0 Å². The molecule has 4 atom stereocenters. The second kappa shape index (κ2) is 9.66. The number of furan rings is 1. The van der Waals surface area contributed by atoms with E-state index in [4.69, 9.17) is 23.4 Å². The highest BCUT2D eigenvalue weighted by molar-refractivity contribution is 7.99. The maximum atomic E-state index is 11.7. The molecule has 0 saturated carbocycles. The van der Waals surface area contributed by atoms with Crippen molar-refractivity contribution in [2.24, 2.45) is 0 Å². The molecule has 3 heterocycles. The van der Waals surface area contributed by atoms with E-state index in [0.717, 1.165) is 0 Å². The maximum Gasteiger partial charge on any atom is 0.303 e. The van der Waals surface area contributed by atoms with E-state index in [0.29, 0.717) is 17.1 Å². The van der Waals surface area contributed by atoms with Crippen molar-refractivity contribution in [3.8, 4) is 17.1 Å². The minimum Gasteiger partial charge on any atom is -0.474 e. The summed E-state index contributed by atoms with van der Waals surface area (Å²) in [5.74, 6) is -0.405. The van der Waals surface area contributed by atoms with Crippen LogP contribution < -0.4 is 4.74 Å². The van der Waals surface area contributed by atoms with Crippen molar-refractivity contribution in [1.82, 2.24) is 4.98 Å². The Labute approximate surface area is 177 Å². The van der Waals surface area contributed by atoms with Crippen LogP contribution in [-0.4, -0.2) is 52.4 Å². The van der Waals surface area contributed by atoms with Crippen molar-refractivity contribution >= 4 is 29.7 Å². The standard InChI is InChI=1S/C20H21NO8S/c1-11(22)26-17-10-30-20(19(28-13(3)24)18(17)27-12(2)23)29-15-7-14(8-21-9-15)16-5-4-6-25-16/h4-9,17-20H,10H2,1-3H3/t17-,18+,19-,20+/m1/s1. The average Bonchev–Trinajstić information content (AvgIpc) is 3.20. The van der Waals surface area contributed by atoms with Gasteiger partial charge in [0.2, 0.25) is 0 Å². The molecule has 0 bridgehead atoms. The maximum absolute atomic E-state index is 11.7. The number of hydrogen-bond donors (Lipinski definition) is 0. The molecule has 2 aromatic heterocycles. The normalized spacial score (nSPS) is 23.3. The molecule has 0 spiro atoms. The summed E-state index contributed by atoms with van der Waals surface area (Å²) in [6.07, 6.45) is 1.89. The monoisotopic (exact) mass is 435 g/mol. The van der Waals surface area contributed by atoms with Gasteiger partial charge in [-0.05, 0) is 18.2 Å². The molecule has 1 fully saturated rings. The fourth-order valence-corrected chi connectivity index (χ4v) is 4.22. The van der Waals surface area contributed by atoms with Gasteiger partial charge in [0.1, 0.15) is 11.5 Å². The zero-order valence-corrected chi connectivity index (χ0v) is 17.4. The van der Waals surface area contributed by atoms with Gasteiger partial charge in [-0.25, -0.2) is 0 Å². The molecule has 2 aromatic rings. The van der Waals surface area contributed by atoms with Crippen LogP contribution >= 0.6 is 11.8 Å². The van der Waals surface area contributed by atoms with Gasteiger partial charge in [0.05, 0.1) is 12.5 Å². The molecule has 0 amide bonds. The number of carbonyl (C=O) groups excluding carboxylic acids is 3. The highest BCUT2D eigenvalue weighted by Gasteiger charge is 2.47. The molecule has 1 aliphatic heterocycles. The summed E-state index contributed by atoms with van der Waals surface area (Å²) in [5, 5.41) is 0. The highest BCUT2D eigenvalue weighted by Crippen LogP contribution is 2.35. The summed E-state index contributed by atoms with van der Waals surface area (Å²) in [6.45, 7) is 3.72. The van der Waals surface area contributed by atoms with Crippen molar-refractivity contribution in [3.63, 3.8) is 0 Å². The predicted octanol–water partition coefficient (Wildman–Crippen LogP) is 2.59. The number of rotatable bonds is 6. The van der Waals surface area contributed by atoms with Crippen LogP contribution in [0.25, 0.3) is 11.3 Å². The van der Waals surface area contributed by atoms with Crippen molar-refractivity contribution in [3.05, 3.63) is 36.9 Å². The van der Waals surface area contributed by atoms with Gasteiger partial charge >= 0.3 is 17.9 Å². The van der Waals surface area contributed by atoms with E-state index in [1.165, 1.54) is 38.7 Å². The van der Waals surface area contributed by atoms with Crippen molar-refractivity contribution < 1.29 is 37.7 Å². The summed E-state index contributed by atoms with van der Waals surface area (Å²) in [5.41, 5.74) is -0.0182. The summed E-state index contributed by atoms with van der Waals surface area (Å²) in [6, 6.07) is 5.28. The number of aromatic nitrogens is 1. The van der Waals surface area contributed by atoms with Crippen LogP contribution in [0.5, 0.6) is 5.75 Å². The smallest absolute Gasteiger partial charge is 0.303 e. The van der Waals surface area contributed by atoms with E-state index in [-0.39, 0.29) is 5.75 Å². The van der Waals surface area contributed by atoms with Crippen molar-refractivity contribution in [2.45, 2.75) is 44.5 Å². The number of pyridine rings is 1. The van der Waals surface area contributed by atoms with Gasteiger partial charge in [-0.2, -0.15) is 0 Å². The predicted molar refractivity (Wildman–Crippen MR) is 105 cm³/mol. The van der Waals surface area contributed by atoms with Gasteiger partial charge in [-0.1, -0.05) is 0 Å². The van der Waals surface area contributed by atoms with Gasteiger partial charge in [0.25, 0.3) is 0 Å². The lowest BCUT2D eigenvalue weighted by Crippen LogP contribution is -2.55. The number of nitrogens with zero attached hydrogens (tertiary/aromatic N) is 1. The van der Waals surface area contributed by atoms with Gasteiger partial charge < -0.3 is 23.4 Å². The summed E-state index contributed by atoms with van der Waals surface area (Å²) >= 11 is 1.27. The molecule has 3 rings (SSSR count). The number of thioether (sulfide) groups is 1. The van der Waals surface area contributed by atoms with Gasteiger partial charge in [-0.3, -0.25) is 19.4 Å². The lowest BCUT2D eigenvalue weighted by molar-refractivity contribution is -0.186. The lowest BCUT2D eigenvalue weighted by atomic mass is 10.1. The van der Waals surface area contributed by atoms with Crippen molar-refractivity contribution in [2.75, 3.05) is 5.75 Å². The Bertz CT molecular complexity index is 900. The molecule has 0 aromatic carbocycles. The molecule has 0 radical (unpaired) electrons. The number of carbonyl (C=O) groups is 3. The third kappa shape index (κ3) is 5.53. The van der Waals surface area contributed by atoms with Crippen LogP contribution in [0.2, 0.25) is 0 Å². The summed E-state index contributed by atoms with van der Waals surface area (Å²) in [4.78, 5) is 39.0. The van der Waals surface area contributed by atoms with Crippen LogP contribution in [0, 0.1) is 0 Å². The second-order valence-electron chi connectivity index (χ2n) is 6.50. The van der Waals surface area contributed by atoms with Crippen LogP contribution in [0.15, 0.2) is 41.3 Å². The lowest BCUT2D eigenvalue weighted by Gasteiger charge is -2.39. The molecule has 0 N–H and O–H groups in total. The molecule has 0 aliphatic carbocycles. The summed E-state index contributed by atoms with van der Waals surface area (Å²) in [7, 11) is 0. The highest BCUT2D eigenvalue weighted by atomic mass is 32.2. The van der Waals surface area contributed by atoms with Crippen LogP contribution in [-0.2, 0) is 28.6 Å². The summed E-state index contributed by atoms with van der Waals surface area (Å²) < 4.78 is 27.4. The van der Waals surface area contributed by atoms with Gasteiger partial charge in [0.15, 0.2) is 23.7 Å². The first-order chi connectivity index (χ1) is 14.3. The molecule has 1 saturated heterocycles. The molecular formula is C20H21NO8S. The molecule has 30 heavy (non-hydrogen) atoms. The molecule has 0 unspecified atom stereocenters. The molecule has 9 nitrogen and oxygen atoms in total. The van der Waals surface area contributed by atoms with E-state index in [2.05, 4.69) is 4.98 Å². The van der Waals surface area contributed by atoms with Gasteiger partial charge in [-0.15, -0.1) is 11.8 Å². The SMILES string of the molecule is CC(=O)O[C@@H]1[C@@H](OC(C)=O)[C@@H](Oc2cncc(-c3ccco3)c2)SC[C@H]1OC(C)=O. The van der Waals surface area contributed by atoms with E-state index >= 15 is 0 Å². The van der Waals surface area contributed by atoms with Crippen molar-refractivity contribution in [1.29, 1.82) is 0 Å². The molecule has 1 aliphatic rings. The third-order valence-electron chi connectivity index (χ3n) is 4.08. The van der Waals surface area contributed by atoms with Crippen LogP contribution in [0.1, 0.15) is 20.8 Å². The second-order valence-corrected chi connectivity index (χ2v) is 7.63. The fourth-order valence-electron chi connectivity index (χ4n) is 3.00. The van der Waals surface area contributed by atoms with E-state index in [1.807, 2.05) is 0 Å². The minimum absolute atomic E-state index is 0.283. The average molecular weight is 435 g/mol. The first-order valence-corrected chi connectivity index (χ1v) is 10.2. The van der Waals surface area contributed by atoms with Crippen LogP contribution in [0.3, 0.4) is 0 Å². The Morgan fingerprint density at radius 2 is 1.73 bits per heavy atom. The zero-order valence-electron chi connectivity index (χ0n) is 16.6. The van der Waals surface area contributed by atoms with Gasteiger partial charge in [0, 0.05) is 38.3 Å². The quantitative estimate of drug-likeness (QED) is 0.495. The topological polar surface area (TPSA) is 114 Å². The van der Waals surface area contributed by atoms with E-state index < -0.39 is 41.7 Å².